The van der Waals surface area contributed by atoms with Gasteiger partial charge in [0.05, 0.1) is 25.2 Å². The highest BCUT2D eigenvalue weighted by atomic mass is 16.5. The number of pyridine rings is 1. The minimum atomic E-state index is -0.0635. The first kappa shape index (κ1) is 26.6. The maximum Gasteiger partial charge on any atom is 0.149 e. The van der Waals surface area contributed by atoms with Gasteiger partial charge in [0.25, 0.3) is 0 Å². The summed E-state index contributed by atoms with van der Waals surface area (Å²) in [6.45, 7) is 5.31. The van der Waals surface area contributed by atoms with Crippen LogP contribution in [0.25, 0.3) is 32.4 Å². The van der Waals surface area contributed by atoms with Crippen LogP contribution in [0.3, 0.4) is 0 Å². The second kappa shape index (κ2) is 10.9. The Hall–Kier alpha value is -4.05. The van der Waals surface area contributed by atoms with Crippen molar-refractivity contribution in [1.82, 2.24) is 9.47 Å². The molecule has 0 spiro atoms. The molecule has 3 saturated heterocycles. The van der Waals surface area contributed by atoms with E-state index in [0.717, 1.165) is 29.0 Å². The average Bonchev–Trinajstić information content (AvgIpc) is 3.08. The van der Waals surface area contributed by atoms with Gasteiger partial charge in [0.15, 0.2) is 0 Å². The molecule has 214 valence electrons. The number of benzene rings is 5. The lowest BCUT2D eigenvalue weighted by Crippen LogP contribution is -2.70. The monoisotopic (exact) mass is 563 g/mol. The summed E-state index contributed by atoms with van der Waals surface area (Å²) in [5.41, 5.74) is 5.03. The summed E-state index contributed by atoms with van der Waals surface area (Å²) in [5, 5.41) is 6.66. The molecule has 6 aromatic rings. The third-order valence-corrected chi connectivity index (χ3v) is 10.6. The zero-order valence-corrected chi connectivity index (χ0v) is 24.9. The van der Waals surface area contributed by atoms with Crippen molar-refractivity contribution in [3.05, 3.63) is 133 Å². The van der Waals surface area contributed by atoms with E-state index >= 15 is 0 Å². The molecule has 0 unspecified atom stereocenters. The molecule has 5 atom stereocenters. The summed E-state index contributed by atoms with van der Waals surface area (Å²) >= 11 is 0. The fraction of sp³-hybridized carbons (Fsp3) is 0.275. The number of para-hydroxylation sites is 1. The summed E-state index contributed by atoms with van der Waals surface area (Å²) in [7, 11) is 0. The molecule has 0 amide bonds. The molecule has 1 aromatic heterocycles. The zero-order chi connectivity index (χ0) is 28.8. The van der Waals surface area contributed by atoms with Gasteiger partial charge in [-0.15, -0.1) is 0 Å². The number of ether oxygens (including phenoxy) is 1. The number of quaternary nitrogens is 1. The van der Waals surface area contributed by atoms with Crippen molar-refractivity contribution in [1.29, 1.82) is 0 Å². The molecular weight excluding hydrogens is 524 g/mol. The SMILES string of the molecule is CC[C@H]1C[N@@+]2(c3c4ccccc4cc4ccccc34)CC[C@H]1C[C@H]2[C@H](OCc1ccccc1)c1ccnc2ccccc12. The Bertz CT molecular complexity index is 1860. The number of hydrogen-bond donors (Lipinski definition) is 0. The van der Waals surface area contributed by atoms with E-state index in [2.05, 4.69) is 122 Å². The summed E-state index contributed by atoms with van der Waals surface area (Å²) in [6, 6.07) is 42.3. The van der Waals surface area contributed by atoms with Crippen LogP contribution in [0.5, 0.6) is 0 Å². The second-order valence-electron chi connectivity index (χ2n) is 12.8. The lowest BCUT2D eigenvalue weighted by atomic mass is 9.69. The fourth-order valence-corrected chi connectivity index (χ4v) is 8.63. The smallest absolute Gasteiger partial charge is 0.149 e. The van der Waals surface area contributed by atoms with Crippen LogP contribution in [-0.4, -0.2) is 24.1 Å². The largest absolute Gasteiger partial charge is 0.363 e. The molecule has 0 N–H and O–H groups in total. The summed E-state index contributed by atoms with van der Waals surface area (Å²) in [4.78, 5) is 4.76. The van der Waals surface area contributed by atoms with Gasteiger partial charge in [0, 0.05) is 41.1 Å². The van der Waals surface area contributed by atoms with Crippen LogP contribution >= 0.6 is 0 Å². The van der Waals surface area contributed by atoms with E-state index < -0.39 is 0 Å². The van der Waals surface area contributed by atoms with Crippen molar-refractivity contribution < 1.29 is 4.74 Å². The molecule has 0 saturated carbocycles. The summed E-state index contributed by atoms with van der Waals surface area (Å²) in [6.07, 6.45) is 5.60. The van der Waals surface area contributed by atoms with Crippen LogP contribution in [-0.2, 0) is 11.3 Å². The van der Waals surface area contributed by atoms with Crippen LogP contribution in [0.1, 0.15) is 43.4 Å². The van der Waals surface area contributed by atoms with Gasteiger partial charge in [0.1, 0.15) is 17.8 Å². The normalized spacial score (nSPS) is 24.1. The Labute approximate surface area is 254 Å². The van der Waals surface area contributed by atoms with E-state index in [4.69, 9.17) is 9.72 Å². The minimum Gasteiger partial charge on any atom is -0.363 e. The molecule has 3 aliphatic rings. The first-order valence-corrected chi connectivity index (χ1v) is 16.0. The number of piperidine rings is 3. The molecule has 0 radical (unpaired) electrons. The van der Waals surface area contributed by atoms with Crippen LogP contribution in [0.2, 0.25) is 0 Å². The Kier molecular flexibility index (Phi) is 6.73. The summed E-state index contributed by atoms with van der Waals surface area (Å²) < 4.78 is 8.19. The maximum absolute atomic E-state index is 7.21. The van der Waals surface area contributed by atoms with E-state index in [1.807, 2.05) is 6.20 Å². The quantitative estimate of drug-likeness (QED) is 0.142. The molecule has 3 aliphatic heterocycles. The molecule has 2 bridgehead atoms. The third kappa shape index (κ3) is 4.45. The Balaban J connectivity index is 1.37. The first-order valence-electron chi connectivity index (χ1n) is 16.0. The van der Waals surface area contributed by atoms with Crippen molar-refractivity contribution in [2.45, 2.75) is 44.9 Å². The molecule has 5 aromatic carbocycles. The Morgan fingerprint density at radius 1 is 0.791 bits per heavy atom. The minimum absolute atomic E-state index is 0.0635. The average molecular weight is 564 g/mol. The number of hydrogen-bond acceptors (Lipinski definition) is 2. The number of fused-ring (bicyclic) bond motifs is 6. The van der Waals surface area contributed by atoms with E-state index in [0.29, 0.717) is 18.6 Å². The van der Waals surface area contributed by atoms with Gasteiger partial charge in [-0.25, -0.2) is 0 Å². The zero-order valence-electron chi connectivity index (χ0n) is 24.9. The van der Waals surface area contributed by atoms with Crippen molar-refractivity contribution >= 4 is 38.1 Å². The highest BCUT2D eigenvalue weighted by molar-refractivity contribution is 6.10. The van der Waals surface area contributed by atoms with Crippen molar-refractivity contribution in [2.24, 2.45) is 11.8 Å². The molecule has 0 aliphatic carbocycles. The Morgan fingerprint density at radius 3 is 2.21 bits per heavy atom. The number of nitrogens with zero attached hydrogens (tertiary/aromatic N) is 2. The van der Waals surface area contributed by atoms with Crippen LogP contribution in [0.15, 0.2) is 121 Å². The van der Waals surface area contributed by atoms with E-state index in [1.54, 1.807) is 0 Å². The van der Waals surface area contributed by atoms with Gasteiger partial charge >= 0.3 is 0 Å². The fourth-order valence-electron chi connectivity index (χ4n) is 8.63. The standard InChI is InChI=1S/C40H39N2O/c1-2-29-26-42(39-33-16-8-6-14-31(33)24-32-15-7-9-17-34(32)39)23-21-30(29)25-38(42)40(43-27-28-12-4-3-5-13-28)36-20-22-41-37-19-11-10-18-35(36)37/h3-20,22,24,29-30,38,40H,2,21,23,25-27H2,1H3/q+1/t29-,30-,38-,40+,42-/m0/s1. The van der Waals surface area contributed by atoms with Crippen LogP contribution in [0, 0.1) is 11.8 Å². The predicted octanol–water partition coefficient (Wildman–Crippen LogP) is 9.62. The van der Waals surface area contributed by atoms with E-state index in [-0.39, 0.29) is 6.10 Å². The number of aromatic nitrogens is 1. The predicted molar refractivity (Wildman–Crippen MR) is 179 cm³/mol. The topological polar surface area (TPSA) is 22.1 Å². The van der Waals surface area contributed by atoms with Gasteiger partial charge < -0.3 is 4.74 Å². The van der Waals surface area contributed by atoms with Gasteiger partial charge in [-0.05, 0) is 64.6 Å². The van der Waals surface area contributed by atoms with Gasteiger partial charge in [0.2, 0.25) is 0 Å². The van der Waals surface area contributed by atoms with Gasteiger partial charge in [-0.2, -0.15) is 0 Å². The van der Waals surface area contributed by atoms with Crippen molar-refractivity contribution in [3.63, 3.8) is 0 Å². The molecule has 3 heteroatoms. The Morgan fingerprint density at radius 2 is 1.47 bits per heavy atom. The molecule has 3 fully saturated rings. The van der Waals surface area contributed by atoms with E-state index in [9.17, 15) is 0 Å². The lowest BCUT2D eigenvalue weighted by molar-refractivity contribution is -0.0826. The van der Waals surface area contributed by atoms with Gasteiger partial charge in [-0.3, -0.25) is 9.47 Å². The second-order valence-corrected chi connectivity index (χ2v) is 12.8. The molecule has 3 nitrogen and oxygen atoms in total. The van der Waals surface area contributed by atoms with Crippen molar-refractivity contribution in [2.75, 3.05) is 13.1 Å². The molecule has 9 rings (SSSR count). The summed E-state index contributed by atoms with van der Waals surface area (Å²) in [5.74, 6) is 1.44. The molecule has 4 heterocycles. The number of rotatable bonds is 7. The highest BCUT2D eigenvalue weighted by Gasteiger charge is 2.57. The van der Waals surface area contributed by atoms with Crippen LogP contribution < -0.4 is 4.48 Å². The molecule has 43 heavy (non-hydrogen) atoms. The third-order valence-electron chi connectivity index (χ3n) is 10.6. The van der Waals surface area contributed by atoms with Gasteiger partial charge in [-0.1, -0.05) is 91.9 Å². The van der Waals surface area contributed by atoms with Crippen LogP contribution in [0.4, 0.5) is 5.69 Å². The first-order chi connectivity index (χ1) is 21.2. The molecular formula is C40H39N2O+. The highest BCUT2D eigenvalue weighted by Crippen LogP contribution is 2.54. The van der Waals surface area contributed by atoms with E-state index in [1.165, 1.54) is 63.0 Å². The maximum atomic E-state index is 7.21. The lowest BCUT2D eigenvalue weighted by Gasteiger charge is -2.59. The van der Waals surface area contributed by atoms with Crippen molar-refractivity contribution in [3.8, 4) is 0 Å².